The first-order valence-corrected chi connectivity index (χ1v) is 6.67. The van der Waals surface area contributed by atoms with Crippen LogP contribution in [-0.2, 0) is 15.1 Å². The van der Waals surface area contributed by atoms with Gasteiger partial charge in [-0.2, -0.15) is 0 Å². The summed E-state index contributed by atoms with van der Waals surface area (Å²) in [6.45, 7) is 1.89. The van der Waals surface area contributed by atoms with Crippen molar-refractivity contribution in [1.29, 1.82) is 0 Å². The number of hydrogen-bond donors (Lipinski definition) is 1. The SMILES string of the molecule is CC1(c2ccco2)OCC(=O)Nc2ccc(Br)cc21. The summed E-state index contributed by atoms with van der Waals surface area (Å²) in [6.07, 6.45) is 1.60. The molecule has 4 nitrogen and oxygen atoms in total. The summed E-state index contributed by atoms with van der Waals surface area (Å²) in [7, 11) is 0. The summed E-state index contributed by atoms with van der Waals surface area (Å²) < 4.78 is 12.2. The van der Waals surface area contributed by atoms with Crippen LogP contribution in [0.2, 0.25) is 0 Å². The Morgan fingerprint density at radius 2 is 2.21 bits per heavy atom. The maximum atomic E-state index is 11.7. The summed E-state index contributed by atoms with van der Waals surface area (Å²) in [6, 6.07) is 9.33. The molecule has 1 N–H and O–H groups in total. The molecule has 1 aromatic heterocycles. The third-order valence-corrected chi connectivity index (χ3v) is 3.75. The number of carbonyl (C=O) groups excluding carboxylic acids is 1. The molecule has 19 heavy (non-hydrogen) atoms. The van der Waals surface area contributed by atoms with Crippen LogP contribution in [0.15, 0.2) is 45.5 Å². The molecule has 0 radical (unpaired) electrons. The highest BCUT2D eigenvalue weighted by atomic mass is 79.9. The predicted molar refractivity (Wildman–Crippen MR) is 73.9 cm³/mol. The highest BCUT2D eigenvalue weighted by Crippen LogP contribution is 2.40. The Morgan fingerprint density at radius 1 is 1.37 bits per heavy atom. The van der Waals surface area contributed by atoms with Crippen molar-refractivity contribution in [3.8, 4) is 0 Å². The van der Waals surface area contributed by atoms with Crippen molar-refractivity contribution in [2.45, 2.75) is 12.5 Å². The third kappa shape index (κ3) is 2.09. The monoisotopic (exact) mass is 321 g/mol. The van der Waals surface area contributed by atoms with Gasteiger partial charge in [0, 0.05) is 15.7 Å². The normalized spacial score (nSPS) is 22.5. The molecule has 0 aliphatic carbocycles. The lowest BCUT2D eigenvalue weighted by Gasteiger charge is -2.27. The molecule has 0 saturated carbocycles. The maximum absolute atomic E-state index is 11.7. The van der Waals surface area contributed by atoms with Gasteiger partial charge in [-0.3, -0.25) is 4.79 Å². The van der Waals surface area contributed by atoms with Gasteiger partial charge >= 0.3 is 0 Å². The number of carbonyl (C=O) groups is 1. The van der Waals surface area contributed by atoms with Crippen LogP contribution in [0.4, 0.5) is 5.69 Å². The molecule has 1 aliphatic heterocycles. The van der Waals surface area contributed by atoms with Crippen LogP contribution in [-0.4, -0.2) is 12.5 Å². The second kappa shape index (κ2) is 4.51. The number of furan rings is 1. The fourth-order valence-corrected chi connectivity index (χ4v) is 2.61. The van der Waals surface area contributed by atoms with Crippen molar-refractivity contribution in [2.24, 2.45) is 0 Å². The van der Waals surface area contributed by atoms with Gasteiger partial charge in [-0.1, -0.05) is 15.9 Å². The topological polar surface area (TPSA) is 51.5 Å². The smallest absolute Gasteiger partial charge is 0.250 e. The third-order valence-electron chi connectivity index (χ3n) is 3.25. The van der Waals surface area contributed by atoms with E-state index >= 15 is 0 Å². The Hall–Kier alpha value is -1.59. The molecule has 1 aromatic carbocycles. The Labute approximate surface area is 118 Å². The van der Waals surface area contributed by atoms with Crippen LogP contribution < -0.4 is 5.32 Å². The second-order valence-corrected chi connectivity index (χ2v) is 5.45. The number of amides is 1. The van der Waals surface area contributed by atoms with Gasteiger partial charge in [-0.25, -0.2) is 0 Å². The molecule has 98 valence electrons. The van der Waals surface area contributed by atoms with Gasteiger partial charge in [-0.05, 0) is 37.3 Å². The van der Waals surface area contributed by atoms with Crippen LogP contribution in [0.3, 0.4) is 0 Å². The van der Waals surface area contributed by atoms with E-state index in [0.717, 1.165) is 15.7 Å². The minimum atomic E-state index is -0.790. The minimum absolute atomic E-state index is 0.0104. The molecule has 2 heterocycles. The van der Waals surface area contributed by atoms with Gasteiger partial charge in [0.15, 0.2) is 5.60 Å². The van der Waals surface area contributed by atoms with Crippen LogP contribution in [0, 0.1) is 0 Å². The number of rotatable bonds is 1. The molecular weight excluding hydrogens is 310 g/mol. The first kappa shape index (κ1) is 12.4. The second-order valence-electron chi connectivity index (χ2n) is 4.54. The fourth-order valence-electron chi connectivity index (χ4n) is 2.25. The molecule has 1 aliphatic rings. The Balaban J connectivity index is 2.21. The Bertz CT molecular complexity index is 624. The Kier molecular flexibility index (Phi) is 2.95. The fraction of sp³-hybridized carbons (Fsp3) is 0.214. The van der Waals surface area contributed by atoms with Gasteiger partial charge in [-0.15, -0.1) is 0 Å². The summed E-state index contributed by atoms with van der Waals surface area (Å²) in [5, 5.41) is 2.84. The lowest BCUT2D eigenvalue weighted by atomic mass is 9.91. The van der Waals surface area contributed by atoms with E-state index in [1.165, 1.54) is 0 Å². The molecule has 5 heteroatoms. The van der Waals surface area contributed by atoms with Gasteiger partial charge in [0.1, 0.15) is 12.4 Å². The number of hydrogen-bond acceptors (Lipinski definition) is 3. The summed E-state index contributed by atoms with van der Waals surface area (Å²) >= 11 is 3.45. The first-order valence-electron chi connectivity index (χ1n) is 5.87. The van der Waals surface area contributed by atoms with E-state index in [0.29, 0.717) is 5.76 Å². The molecule has 1 atom stereocenters. The average Bonchev–Trinajstić information content (AvgIpc) is 2.89. The van der Waals surface area contributed by atoms with Gasteiger partial charge in [0.05, 0.1) is 6.26 Å². The number of benzene rings is 1. The highest BCUT2D eigenvalue weighted by molar-refractivity contribution is 9.10. The lowest BCUT2D eigenvalue weighted by Crippen LogP contribution is -2.27. The predicted octanol–water partition coefficient (Wildman–Crippen LogP) is 3.27. The van der Waals surface area contributed by atoms with E-state index in [1.54, 1.807) is 6.26 Å². The highest BCUT2D eigenvalue weighted by Gasteiger charge is 2.38. The molecule has 0 spiro atoms. The van der Waals surface area contributed by atoms with Crippen molar-refractivity contribution >= 4 is 27.5 Å². The van der Waals surface area contributed by atoms with Crippen molar-refractivity contribution in [3.63, 3.8) is 0 Å². The van der Waals surface area contributed by atoms with Crippen LogP contribution in [0.25, 0.3) is 0 Å². The zero-order valence-corrected chi connectivity index (χ0v) is 11.9. The molecule has 0 saturated heterocycles. The molecule has 0 fully saturated rings. The molecule has 0 bridgehead atoms. The number of ether oxygens (including phenoxy) is 1. The minimum Gasteiger partial charge on any atom is -0.466 e. The van der Waals surface area contributed by atoms with E-state index < -0.39 is 5.60 Å². The maximum Gasteiger partial charge on any atom is 0.250 e. The van der Waals surface area contributed by atoms with Crippen molar-refractivity contribution in [1.82, 2.24) is 0 Å². The van der Waals surface area contributed by atoms with Gasteiger partial charge in [0.25, 0.3) is 0 Å². The average molecular weight is 322 g/mol. The van der Waals surface area contributed by atoms with Crippen LogP contribution in [0.1, 0.15) is 18.2 Å². The number of halogens is 1. The molecule has 2 aromatic rings. The van der Waals surface area contributed by atoms with E-state index in [-0.39, 0.29) is 12.5 Å². The summed E-state index contributed by atoms with van der Waals surface area (Å²) in [5.41, 5.74) is 0.814. The number of fused-ring (bicyclic) bond motifs is 1. The largest absolute Gasteiger partial charge is 0.466 e. The molecule has 1 unspecified atom stereocenters. The zero-order valence-electron chi connectivity index (χ0n) is 10.3. The van der Waals surface area contributed by atoms with E-state index in [2.05, 4.69) is 21.2 Å². The van der Waals surface area contributed by atoms with Gasteiger partial charge in [0.2, 0.25) is 5.91 Å². The van der Waals surface area contributed by atoms with Crippen molar-refractivity contribution in [3.05, 3.63) is 52.4 Å². The Morgan fingerprint density at radius 3 is 2.95 bits per heavy atom. The van der Waals surface area contributed by atoms with Crippen molar-refractivity contribution < 1.29 is 13.9 Å². The quantitative estimate of drug-likeness (QED) is 0.877. The zero-order chi connectivity index (χ0) is 13.5. The van der Waals surface area contributed by atoms with E-state index in [4.69, 9.17) is 9.15 Å². The standard InChI is InChI=1S/C14H12BrNO3/c1-14(12-3-2-6-18-12)10-7-9(15)4-5-11(10)16-13(17)8-19-14/h2-7H,8H2,1H3,(H,16,17). The van der Waals surface area contributed by atoms with E-state index in [9.17, 15) is 4.79 Å². The lowest BCUT2D eigenvalue weighted by molar-refractivity contribution is -0.125. The molecular formula is C14H12BrNO3. The first-order chi connectivity index (χ1) is 9.09. The molecule has 1 amide bonds. The number of anilines is 1. The van der Waals surface area contributed by atoms with E-state index in [1.807, 2.05) is 37.3 Å². The summed E-state index contributed by atoms with van der Waals surface area (Å²) in [4.78, 5) is 11.7. The van der Waals surface area contributed by atoms with Crippen molar-refractivity contribution in [2.75, 3.05) is 11.9 Å². The van der Waals surface area contributed by atoms with Crippen LogP contribution >= 0.6 is 15.9 Å². The summed E-state index contributed by atoms with van der Waals surface area (Å²) in [5.74, 6) is 0.502. The van der Waals surface area contributed by atoms with Crippen LogP contribution in [0.5, 0.6) is 0 Å². The number of nitrogens with one attached hydrogen (secondary N) is 1. The van der Waals surface area contributed by atoms with Gasteiger partial charge < -0.3 is 14.5 Å². The molecule has 3 rings (SSSR count).